The van der Waals surface area contributed by atoms with Crippen LogP contribution in [0.2, 0.25) is 10.0 Å². The molecule has 0 bridgehead atoms. The van der Waals surface area contributed by atoms with Crippen molar-refractivity contribution >= 4 is 46.6 Å². The van der Waals surface area contributed by atoms with Crippen LogP contribution in [0, 0.1) is 13.8 Å². The molecule has 0 aliphatic rings. The van der Waals surface area contributed by atoms with E-state index in [0.717, 1.165) is 11.4 Å². The maximum atomic E-state index is 11.9. The van der Waals surface area contributed by atoms with Crippen molar-refractivity contribution < 1.29 is 4.79 Å². The molecule has 1 aromatic heterocycles. The summed E-state index contributed by atoms with van der Waals surface area (Å²) in [6, 6.07) is 6.81. The van der Waals surface area contributed by atoms with Crippen LogP contribution in [0.5, 0.6) is 0 Å². The Hall–Kier alpha value is -1.30. The minimum atomic E-state index is -0.174. The van der Waals surface area contributed by atoms with E-state index in [1.807, 2.05) is 19.9 Å². The highest BCUT2D eigenvalue weighted by molar-refractivity contribution is 7.99. The number of aryl methyl sites for hydroxylation is 2. The van der Waals surface area contributed by atoms with Gasteiger partial charge in [0.2, 0.25) is 5.91 Å². The normalized spacial score (nSPS) is 10.5. The zero-order chi connectivity index (χ0) is 15.4. The van der Waals surface area contributed by atoms with Gasteiger partial charge in [-0.05, 0) is 38.1 Å². The molecule has 1 aromatic carbocycles. The molecule has 0 aliphatic carbocycles. The molecule has 0 aliphatic heterocycles. The Balaban J connectivity index is 1.95. The molecule has 0 fully saturated rings. The fourth-order valence-corrected chi connectivity index (χ4v) is 2.87. The number of rotatable bonds is 4. The Bertz CT molecular complexity index is 659. The topological polar surface area (TPSA) is 54.9 Å². The third kappa shape index (κ3) is 4.88. The first kappa shape index (κ1) is 16.1. The third-order valence-electron chi connectivity index (χ3n) is 2.50. The average Bonchev–Trinajstić information content (AvgIpc) is 2.39. The van der Waals surface area contributed by atoms with Gasteiger partial charge in [0.15, 0.2) is 5.16 Å². The van der Waals surface area contributed by atoms with Crippen molar-refractivity contribution in [2.45, 2.75) is 19.0 Å². The smallest absolute Gasteiger partial charge is 0.234 e. The highest BCUT2D eigenvalue weighted by Gasteiger charge is 2.09. The van der Waals surface area contributed by atoms with Gasteiger partial charge in [0.05, 0.1) is 16.5 Å². The molecule has 1 heterocycles. The van der Waals surface area contributed by atoms with Crippen LogP contribution in [-0.2, 0) is 4.79 Å². The van der Waals surface area contributed by atoms with Gasteiger partial charge < -0.3 is 5.32 Å². The number of nitrogens with zero attached hydrogens (tertiary/aromatic N) is 2. The second kappa shape index (κ2) is 7.11. The van der Waals surface area contributed by atoms with Crippen LogP contribution in [0.15, 0.2) is 29.4 Å². The average molecular weight is 342 g/mol. The van der Waals surface area contributed by atoms with E-state index in [9.17, 15) is 4.79 Å². The summed E-state index contributed by atoms with van der Waals surface area (Å²) in [5.41, 5.74) is 2.30. The Kier molecular flexibility index (Phi) is 5.45. The van der Waals surface area contributed by atoms with Gasteiger partial charge in [-0.25, -0.2) is 9.97 Å². The molecular weight excluding hydrogens is 329 g/mol. The Labute approximate surface area is 137 Å². The number of aromatic nitrogens is 2. The number of amides is 1. The Morgan fingerprint density at radius 1 is 1.19 bits per heavy atom. The van der Waals surface area contributed by atoms with Gasteiger partial charge in [-0.15, -0.1) is 0 Å². The number of thioether (sulfide) groups is 1. The summed E-state index contributed by atoms with van der Waals surface area (Å²) in [6.45, 7) is 3.79. The summed E-state index contributed by atoms with van der Waals surface area (Å²) in [7, 11) is 0. The lowest BCUT2D eigenvalue weighted by molar-refractivity contribution is -0.113. The molecule has 0 atom stereocenters. The van der Waals surface area contributed by atoms with Crippen molar-refractivity contribution in [1.29, 1.82) is 0 Å². The van der Waals surface area contributed by atoms with Crippen molar-refractivity contribution in [3.05, 3.63) is 45.7 Å². The molecular formula is C14H13Cl2N3OS. The number of halogens is 2. The lowest BCUT2D eigenvalue weighted by Crippen LogP contribution is -2.14. The van der Waals surface area contributed by atoms with Crippen molar-refractivity contribution in [3.63, 3.8) is 0 Å². The third-order valence-corrected chi connectivity index (χ3v) is 3.89. The number of benzene rings is 1. The van der Waals surface area contributed by atoms with E-state index in [1.165, 1.54) is 11.8 Å². The molecule has 1 N–H and O–H groups in total. The summed E-state index contributed by atoms with van der Waals surface area (Å²) in [6.07, 6.45) is 0. The molecule has 4 nitrogen and oxygen atoms in total. The number of hydrogen-bond donors (Lipinski definition) is 1. The van der Waals surface area contributed by atoms with Crippen molar-refractivity contribution in [1.82, 2.24) is 9.97 Å². The van der Waals surface area contributed by atoms with E-state index >= 15 is 0 Å². The summed E-state index contributed by atoms with van der Waals surface area (Å²) in [4.78, 5) is 20.5. The minimum absolute atomic E-state index is 0.174. The number of hydrogen-bond acceptors (Lipinski definition) is 4. The van der Waals surface area contributed by atoms with Crippen LogP contribution >= 0.6 is 35.0 Å². The SMILES string of the molecule is Cc1cc(C)nc(SCC(=O)Nc2ccc(Cl)cc2Cl)n1. The monoisotopic (exact) mass is 341 g/mol. The molecule has 21 heavy (non-hydrogen) atoms. The van der Waals surface area contributed by atoms with Crippen LogP contribution < -0.4 is 5.32 Å². The molecule has 0 unspecified atom stereocenters. The maximum Gasteiger partial charge on any atom is 0.234 e. The van der Waals surface area contributed by atoms with Gasteiger partial charge in [0.25, 0.3) is 0 Å². The second-order valence-corrected chi connectivity index (χ2v) is 6.18. The predicted molar refractivity (Wildman–Crippen MR) is 87.3 cm³/mol. The van der Waals surface area contributed by atoms with Crippen LogP contribution in [0.1, 0.15) is 11.4 Å². The summed E-state index contributed by atoms with van der Waals surface area (Å²) in [5, 5.41) is 4.25. The van der Waals surface area contributed by atoms with E-state index in [1.54, 1.807) is 18.2 Å². The first-order valence-corrected chi connectivity index (χ1v) is 7.88. The summed E-state index contributed by atoms with van der Waals surface area (Å²) in [5.74, 6) is 0.0361. The molecule has 2 aromatic rings. The zero-order valence-corrected chi connectivity index (χ0v) is 13.8. The van der Waals surface area contributed by atoms with Crippen LogP contribution in [0.25, 0.3) is 0 Å². The van der Waals surface area contributed by atoms with E-state index < -0.39 is 0 Å². The van der Waals surface area contributed by atoms with E-state index in [2.05, 4.69) is 15.3 Å². The molecule has 0 saturated heterocycles. The van der Waals surface area contributed by atoms with Crippen LogP contribution in [0.4, 0.5) is 5.69 Å². The second-order valence-electron chi connectivity index (χ2n) is 4.39. The number of nitrogens with one attached hydrogen (secondary N) is 1. The molecule has 110 valence electrons. The van der Waals surface area contributed by atoms with Gasteiger partial charge in [0, 0.05) is 16.4 Å². The highest BCUT2D eigenvalue weighted by atomic mass is 35.5. The molecule has 0 radical (unpaired) electrons. The fraction of sp³-hybridized carbons (Fsp3) is 0.214. The largest absolute Gasteiger partial charge is 0.324 e. The standard InChI is InChI=1S/C14H13Cl2N3OS/c1-8-5-9(2)18-14(17-8)21-7-13(20)19-12-4-3-10(15)6-11(12)16/h3-6H,7H2,1-2H3,(H,19,20). The quantitative estimate of drug-likeness (QED) is 0.670. The molecule has 2 rings (SSSR count). The van der Waals surface area contributed by atoms with E-state index in [4.69, 9.17) is 23.2 Å². The van der Waals surface area contributed by atoms with Gasteiger partial charge in [0.1, 0.15) is 0 Å². The van der Waals surface area contributed by atoms with Gasteiger partial charge in [-0.2, -0.15) is 0 Å². The fourth-order valence-electron chi connectivity index (χ4n) is 1.67. The first-order valence-electron chi connectivity index (χ1n) is 6.14. The van der Waals surface area contributed by atoms with E-state index in [0.29, 0.717) is 20.9 Å². The van der Waals surface area contributed by atoms with Gasteiger partial charge in [-0.1, -0.05) is 35.0 Å². The number of carbonyl (C=O) groups is 1. The highest BCUT2D eigenvalue weighted by Crippen LogP contribution is 2.25. The van der Waals surface area contributed by atoms with Crippen LogP contribution in [-0.4, -0.2) is 21.6 Å². The number of anilines is 1. The lowest BCUT2D eigenvalue weighted by atomic mass is 10.3. The molecule has 0 spiro atoms. The van der Waals surface area contributed by atoms with Gasteiger partial charge in [-0.3, -0.25) is 4.79 Å². The predicted octanol–water partition coefficient (Wildman–Crippen LogP) is 4.13. The van der Waals surface area contributed by atoms with Crippen molar-refractivity contribution in [2.24, 2.45) is 0 Å². The van der Waals surface area contributed by atoms with Gasteiger partial charge >= 0.3 is 0 Å². The van der Waals surface area contributed by atoms with Crippen molar-refractivity contribution in [2.75, 3.05) is 11.1 Å². The molecule has 1 amide bonds. The minimum Gasteiger partial charge on any atom is -0.324 e. The lowest BCUT2D eigenvalue weighted by Gasteiger charge is -2.07. The number of carbonyl (C=O) groups excluding carboxylic acids is 1. The molecule has 0 saturated carbocycles. The summed E-state index contributed by atoms with van der Waals surface area (Å²) >= 11 is 13.1. The van der Waals surface area contributed by atoms with Crippen molar-refractivity contribution in [3.8, 4) is 0 Å². The first-order chi connectivity index (χ1) is 9.94. The Morgan fingerprint density at radius 2 is 1.86 bits per heavy atom. The molecule has 7 heteroatoms. The Morgan fingerprint density at radius 3 is 2.48 bits per heavy atom. The van der Waals surface area contributed by atoms with E-state index in [-0.39, 0.29) is 11.7 Å². The van der Waals surface area contributed by atoms with Crippen LogP contribution in [0.3, 0.4) is 0 Å². The summed E-state index contributed by atoms with van der Waals surface area (Å²) < 4.78 is 0. The maximum absolute atomic E-state index is 11.9. The zero-order valence-electron chi connectivity index (χ0n) is 11.5.